The Hall–Kier alpha value is -3.29. The maximum Gasteiger partial charge on any atom is 0.342 e. The number of carbonyl (C=O) groups is 2. The fourth-order valence-corrected chi connectivity index (χ4v) is 2.86. The van der Waals surface area contributed by atoms with Crippen LogP contribution in [0.1, 0.15) is 38.8 Å². The Kier molecular flexibility index (Phi) is 4.82. The lowest BCUT2D eigenvalue weighted by Crippen LogP contribution is -2.24. The molecule has 1 aromatic heterocycles. The molecule has 0 bridgehead atoms. The van der Waals surface area contributed by atoms with Crippen molar-refractivity contribution >= 4 is 17.8 Å². The summed E-state index contributed by atoms with van der Waals surface area (Å²) in [6.45, 7) is 5.62. The van der Waals surface area contributed by atoms with E-state index < -0.39 is 34.4 Å². The zero-order valence-corrected chi connectivity index (χ0v) is 14.0. The average Bonchev–Trinajstić information content (AvgIpc) is 2.45. The van der Waals surface area contributed by atoms with Gasteiger partial charge in [0.15, 0.2) is 0 Å². The maximum atomic E-state index is 12.1. The van der Waals surface area contributed by atoms with Gasteiger partial charge in [-0.05, 0) is 49.6 Å². The molecule has 8 nitrogen and oxygen atoms in total. The van der Waals surface area contributed by atoms with Crippen molar-refractivity contribution in [2.45, 2.75) is 20.8 Å². The van der Waals surface area contributed by atoms with Crippen LogP contribution in [0.15, 0.2) is 16.9 Å². The molecule has 0 saturated carbocycles. The molecule has 2 aromatic rings. The van der Waals surface area contributed by atoms with E-state index in [1.54, 1.807) is 26.0 Å². The summed E-state index contributed by atoms with van der Waals surface area (Å²) >= 11 is 0. The van der Waals surface area contributed by atoms with Gasteiger partial charge in [-0.15, -0.1) is 0 Å². The van der Waals surface area contributed by atoms with E-state index in [0.29, 0.717) is 29.0 Å². The van der Waals surface area contributed by atoms with Crippen molar-refractivity contribution in [3.63, 3.8) is 0 Å². The van der Waals surface area contributed by atoms with Gasteiger partial charge < -0.3 is 25.7 Å². The first-order chi connectivity index (χ1) is 11.7. The summed E-state index contributed by atoms with van der Waals surface area (Å²) in [5.41, 5.74) is 4.83. The SMILES string of the molecule is CCOc1cc(C)c(-c2c(C(=O)O)c(N)[nH]c(=O)c2C(=O)O)c(C)c1. The summed E-state index contributed by atoms with van der Waals surface area (Å²) in [6, 6.07) is 3.31. The number of carboxylic acid groups (broad SMARTS) is 2. The van der Waals surface area contributed by atoms with Crippen LogP contribution in [0.2, 0.25) is 0 Å². The molecule has 25 heavy (non-hydrogen) atoms. The second kappa shape index (κ2) is 6.68. The minimum atomic E-state index is -1.54. The topological polar surface area (TPSA) is 143 Å². The van der Waals surface area contributed by atoms with Crippen molar-refractivity contribution < 1.29 is 24.5 Å². The van der Waals surface area contributed by atoms with Crippen molar-refractivity contribution in [3.05, 3.63) is 44.7 Å². The Morgan fingerprint density at radius 3 is 2.04 bits per heavy atom. The number of nitrogens with one attached hydrogen (secondary N) is 1. The number of hydrogen-bond acceptors (Lipinski definition) is 5. The molecule has 2 rings (SSSR count). The number of ether oxygens (including phenoxy) is 1. The Morgan fingerprint density at radius 1 is 1.08 bits per heavy atom. The molecule has 0 fully saturated rings. The summed E-state index contributed by atoms with van der Waals surface area (Å²) in [4.78, 5) is 37.5. The highest BCUT2D eigenvalue weighted by atomic mass is 16.5. The quantitative estimate of drug-likeness (QED) is 0.648. The van der Waals surface area contributed by atoms with Crippen molar-refractivity contribution in [2.75, 3.05) is 12.3 Å². The molecule has 0 atom stereocenters. The van der Waals surface area contributed by atoms with Crippen molar-refractivity contribution in [1.82, 2.24) is 4.98 Å². The molecule has 0 aliphatic heterocycles. The minimum absolute atomic E-state index is 0.209. The van der Waals surface area contributed by atoms with Gasteiger partial charge in [0.05, 0.1) is 6.61 Å². The highest BCUT2D eigenvalue weighted by Gasteiger charge is 2.28. The van der Waals surface area contributed by atoms with Crippen LogP contribution in [0.25, 0.3) is 11.1 Å². The first kappa shape index (κ1) is 18.1. The summed E-state index contributed by atoms with van der Waals surface area (Å²) in [5.74, 6) is -2.80. The molecule has 1 aromatic carbocycles. The molecule has 1 heterocycles. The molecule has 0 spiro atoms. The predicted octanol–water partition coefficient (Wildman–Crippen LogP) is 2.04. The second-order valence-corrected chi connectivity index (χ2v) is 5.47. The van der Waals surface area contributed by atoms with Gasteiger partial charge in [-0.3, -0.25) is 4.79 Å². The van der Waals surface area contributed by atoms with E-state index in [9.17, 15) is 24.6 Å². The third-order valence-corrected chi connectivity index (χ3v) is 3.74. The standard InChI is InChI=1S/C17H18N2O6/c1-4-25-9-5-7(2)10(8(3)6-9)11-12(16(21)22)14(18)19-15(20)13(11)17(23)24/h5-6H,4H2,1-3H3,(H,21,22)(H,23,24)(H3,18,19,20). The third-order valence-electron chi connectivity index (χ3n) is 3.74. The largest absolute Gasteiger partial charge is 0.494 e. The van der Waals surface area contributed by atoms with E-state index >= 15 is 0 Å². The number of H-pyrrole nitrogens is 1. The Bertz CT molecular complexity index is 906. The fraction of sp³-hybridized carbons (Fsp3) is 0.235. The van der Waals surface area contributed by atoms with E-state index in [1.807, 2.05) is 6.92 Å². The van der Waals surface area contributed by atoms with Crippen molar-refractivity contribution in [3.8, 4) is 16.9 Å². The summed E-state index contributed by atoms with van der Waals surface area (Å²) in [5, 5.41) is 19.0. The lowest BCUT2D eigenvalue weighted by Gasteiger charge is -2.17. The molecule has 8 heteroatoms. The molecule has 0 aliphatic carbocycles. The Labute approximate surface area is 142 Å². The first-order valence-electron chi connectivity index (χ1n) is 7.45. The van der Waals surface area contributed by atoms with E-state index in [1.165, 1.54) is 0 Å². The van der Waals surface area contributed by atoms with E-state index in [4.69, 9.17) is 10.5 Å². The smallest absolute Gasteiger partial charge is 0.342 e. The molecular formula is C17H18N2O6. The molecule has 0 amide bonds. The summed E-state index contributed by atoms with van der Waals surface area (Å²) < 4.78 is 5.44. The van der Waals surface area contributed by atoms with Gasteiger partial charge in [-0.2, -0.15) is 0 Å². The number of aryl methyl sites for hydroxylation is 2. The minimum Gasteiger partial charge on any atom is -0.494 e. The van der Waals surface area contributed by atoms with Crippen LogP contribution < -0.4 is 16.0 Å². The van der Waals surface area contributed by atoms with Gasteiger partial charge in [0.2, 0.25) is 0 Å². The Morgan fingerprint density at radius 2 is 1.60 bits per heavy atom. The molecule has 132 valence electrons. The predicted molar refractivity (Wildman–Crippen MR) is 91.5 cm³/mol. The van der Waals surface area contributed by atoms with Crippen LogP contribution >= 0.6 is 0 Å². The number of aromatic carboxylic acids is 2. The second-order valence-electron chi connectivity index (χ2n) is 5.47. The number of hydrogen-bond donors (Lipinski definition) is 4. The monoisotopic (exact) mass is 346 g/mol. The first-order valence-corrected chi connectivity index (χ1v) is 7.45. The molecular weight excluding hydrogens is 328 g/mol. The van der Waals surface area contributed by atoms with Gasteiger partial charge >= 0.3 is 11.9 Å². The number of anilines is 1. The van der Waals surface area contributed by atoms with Crippen LogP contribution in [-0.2, 0) is 0 Å². The van der Waals surface area contributed by atoms with Gasteiger partial charge in [-0.1, -0.05) is 0 Å². The zero-order chi connectivity index (χ0) is 18.9. The molecule has 0 aliphatic rings. The number of aromatic nitrogens is 1. The van der Waals surface area contributed by atoms with E-state index in [0.717, 1.165) is 0 Å². The number of carboxylic acids is 2. The Balaban J connectivity index is 2.98. The number of benzene rings is 1. The van der Waals surface area contributed by atoms with E-state index in [-0.39, 0.29) is 5.56 Å². The highest BCUT2D eigenvalue weighted by Crippen LogP contribution is 2.36. The zero-order valence-electron chi connectivity index (χ0n) is 14.0. The van der Waals surface area contributed by atoms with Gasteiger partial charge in [0.1, 0.15) is 22.7 Å². The highest BCUT2D eigenvalue weighted by molar-refractivity contribution is 6.08. The lowest BCUT2D eigenvalue weighted by atomic mass is 9.89. The van der Waals surface area contributed by atoms with Crippen LogP contribution in [0, 0.1) is 13.8 Å². The maximum absolute atomic E-state index is 12.1. The number of nitrogens with two attached hydrogens (primary N) is 1. The number of rotatable bonds is 5. The van der Waals surface area contributed by atoms with Crippen molar-refractivity contribution in [2.24, 2.45) is 0 Å². The normalized spacial score (nSPS) is 10.5. The average molecular weight is 346 g/mol. The van der Waals surface area contributed by atoms with Gasteiger partial charge in [-0.25, -0.2) is 9.59 Å². The van der Waals surface area contributed by atoms with Crippen molar-refractivity contribution in [1.29, 1.82) is 0 Å². The summed E-state index contributed by atoms with van der Waals surface area (Å²) in [7, 11) is 0. The molecule has 0 radical (unpaired) electrons. The van der Waals surface area contributed by atoms with Crippen LogP contribution in [0.3, 0.4) is 0 Å². The van der Waals surface area contributed by atoms with Crippen LogP contribution in [0.4, 0.5) is 5.82 Å². The van der Waals surface area contributed by atoms with E-state index in [2.05, 4.69) is 4.98 Å². The van der Waals surface area contributed by atoms with Crippen LogP contribution in [0.5, 0.6) is 5.75 Å². The number of pyridine rings is 1. The lowest BCUT2D eigenvalue weighted by molar-refractivity contribution is 0.0695. The molecule has 5 N–H and O–H groups in total. The fourth-order valence-electron chi connectivity index (χ4n) is 2.86. The summed E-state index contributed by atoms with van der Waals surface area (Å²) in [6.07, 6.45) is 0. The van der Waals surface area contributed by atoms with Gasteiger partial charge in [0.25, 0.3) is 5.56 Å². The number of nitrogen functional groups attached to an aromatic ring is 1. The molecule has 0 unspecified atom stereocenters. The third kappa shape index (κ3) is 3.18. The van der Waals surface area contributed by atoms with Crippen LogP contribution in [-0.4, -0.2) is 33.7 Å². The molecule has 0 saturated heterocycles. The van der Waals surface area contributed by atoms with Gasteiger partial charge in [0, 0.05) is 5.56 Å². The number of aromatic amines is 1.